The van der Waals surface area contributed by atoms with Gasteiger partial charge in [0.25, 0.3) is 0 Å². The Labute approximate surface area is 188 Å². The molecule has 3 N–H and O–H groups in total. The molecule has 2 aliphatic rings. The number of aliphatic imine (C=N–C) groups is 1. The fourth-order valence-electron chi connectivity index (χ4n) is 3.54. The van der Waals surface area contributed by atoms with E-state index in [4.69, 9.17) is 0 Å². The third-order valence-electron chi connectivity index (χ3n) is 5.59. The zero-order chi connectivity index (χ0) is 23.6. The van der Waals surface area contributed by atoms with Gasteiger partial charge in [-0.15, -0.1) is 0 Å². The second-order valence-corrected chi connectivity index (χ2v) is 8.04. The third-order valence-corrected chi connectivity index (χ3v) is 5.59. The molecule has 1 saturated carbocycles. The number of para-hydroxylation sites is 1. The molecule has 10 heteroatoms. The van der Waals surface area contributed by atoms with Crippen LogP contribution in [0.2, 0.25) is 0 Å². The monoisotopic (exact) mass is 458 g/mol. The highest BCUT2D eigenvalue weighted by Crippen LogP contribution is 2.36. The molecule has 0 bridgehead atoms. The molecule has 2 aromatic carbocycles. The minimum atomic E-state index is -4.46. The second-order valence-electron chi connectivity index (χ2n) is 8.04. The van der Waals surface area contributed by atoms with Crippen molar-refractivity contribution in [3.8, 4) is 0 Å². The van der Waals surface area contributed by atoms with E-state index in [1.807, 2.05) is 0 Å². The number of hydrogen-bond acceptors (Lipinski definition) is 4. The van der Waals surface area contributed by atoms with Gasteiger partial charge in [0.05, 0.1) is 18.3 Å². The van der Waals surface area contributed by atoms with Gasteiger partial charge in [0.15, 0.2) is 6.54 Å². The quantitative estimate of drug-likeness (QED) is 0.558. The van der Waals surface area contributed by atoms with E-state index in [1.54, 1.807) is 42.1 Å². The number of halogens is 3. The number of nitrogens with zero attached hydrogens (tertiary/aromatic N) is 2. The number of alkyl halides is 3. The maximum absolute atomic E-state index is 13.2. The maximum Gasteiger partial charge on any atom is 0.418 e. The van der Waals surface area contributed by atoms with Crippen LogP contribution in [0.4, 0.5) is 24.5 Å². The molecule has 0 unspecified atom stereocenters. The molecule has 2 amide bonds. The van der Waals surface area contributed by atoms with Crippen molar-refractivity contribution in [1.82, 2.24) is 10.6 Å². The highest BCUT2D eigenvalue weighted by molar-refractivity contribution is 6.36. The summed E-state index contributed by atoms with van der Waals surface area (Å²) in [7, 11) is 1.73. The van der Waals surface area contributed by atoms with Gasteiger partial charge in [-0.05, 0) is 42.7 Å². The Bertz CT molecular complexity index is 1140. The molecule has 0 radical (unpaired) electrons. The average molecular weight is 458 g/mol. The van der Waals surface area contributed by atoms with Crippen LogP contribution in [0.15, 0.2) is 53.5 Å². The van der Waals surface area contributed by atoms with E-state index in [1.165, 1.54) is 18.2 Å². The standard InChI is InChI=1S/C23H22F3N5O2/c1-31-13-12-27-19(31)20(32)30-22(10-11-22)21(33)28-14-15-6-8-16(9-7-15)29-18-5-3-2-4-17(18)23(24,25)26/h2-9,13,29H,10-12,14H2,1H3,(H-,28,30,32,33)/p+1. The van der Waals surface area contributed by atoms with Crippen LogP contribution in [0.1, 0.15) is 24.0 Å². The molecular weight excluding hydrogens is 435 g/mol. The van der Waals surface area contributed by atoms with Crippen molar-refractivity contribution in [2.24, 2.45) is 4.99 Å². The Morgan fingerprint density at radius 2 is 1.79 bits per heavy atom. The predicted octanol–water partition coefficient (Wildman–Crippen LogP) is 2.84. The van der Waals surface area contributed by atoms with Crippen molar-refractivity contribution in [3.63, 3.8) is 0 Å². The molecule has 4 rings (SSSR count). The van der Waals surface area contributed by atoms with Gasteiger partial charge < -0.3 is 16.0 Å². The molecule has 7 nitrogen and oxygen atoms in total. The molecule has 0 saturated heterocycles. The van der Waals surface area contributed by atoms with E-state index in [2.05, 4.69) is 20.9 Å². The number of amides is 2. The van der Waals surface area contributed by atoms with Gasteiger partial charge >= 0.3 is 17.9 Å². The van der Waals surface area contributed by atoms with Gasteiger partial charge in [-0.3, -0.25) is 9.59 Å². The van der Waals surface area contributed by atoms with E-state index in [0.717, 1.165) is 11.6 Å². The van der Waals surface area contributed by atoms with Gasteiger partial charge in [-0.25, -0.2) is 4.58 Å². The molecule has 0 aromatic heterocycles. The lowest BCUT2D eigenvalue weighted by molar-refractivity contribution is -0.360. The molecule has 2 aromatic rings. The van der Waals surface area contributed by atoms with Gasteiger partial charge in [-0.1, -0.05) is 29.3 Å². The predicted molar refractivity (Wildman–Crippen MR) is 118 cm³/mol. The Balaban J connectivity index is 1.33. The van der Waals surface area contributed by atoms with Crippen LogP contribution in [-0.4, -0.2) is 47.6 Å². The summed E-state index contributed by atoms with van der Waals surface area (Å²) < 4.78 is 41.1. The van der Waals surface area contributed by atoms with Crippen LogP contribution in [-0.2, 0) is 22.3 Å². The summed E-state index contributed by atoms with van der Waals surface area (Å²) in [6.07, 6.45) is -1.59. The summed E-state index contributed by atoms with van der Waals surface area (Å²) in [6, 6.07) is 12.0. The molecule has 1 fully saturated rings. The fourth-order valence-corrected chi connectivity index (χ4v) is 3.54. The number of nitrogens with one attached hydrogen (secondary N) is 3. The van der Waals surface area contributed by atoms with Crippen molar-refractivity contribution in [3.05, 3.63) is 59.7 Å². The van der Waals surface area contributed by atoms with E-state index in [0.29, 0.717) is 25.1 Å². The van der Waals surface area contributed by atoms with Crippen LogP contribution < -0.4 is 16.0 Å². The van der Waals surface area contributed by atoms with Gasteiger partial charge in [0, 0.05) is 12.2 Å². The highest BCUT2D eigenvalue weighted by atomic mass is 19.4. The largest absolute Gasteiger partial charge is 0.418 e. The van der Waals surface area contributed by atoms with Crippen molar-refractivity contribution in [2.75, 3.05) is 18.9 Å². The summed E-state index contributed by atoms with van der Waals surface area (Å²) in [4.78, 5) is 29.2. The number of carbonyl (C=O) groups excluding carboxylic acids is 2. The molecule has 1 aliphatic heterocycles. The SMILES string of the molecule is C[N+]1=CCN=C1C(=O)NC1(C(=O)NCc2ccc(Nc3ccccc3C(F)(F)F)cc2)CC1. The summed E-state index contributed by atoms with van der Waals surface area (Å²) in [6.45, 7) is 0.662. The summed E-state index contributed by atoms with van der Waals surface area (Å²) in [5, 5.41) is 8.39. The van der Waals surface area contributed by atoms with Crippen LogP contribution >= 0.6 is 0 Å². The van der Waals surface area contributed by atoms with Crippen LogP contribution in [0.25, 0.3) is 0 Å². The molecule has 0 spiro atoms. The molecule has 1 heterocycles. The van der Waals surface area contributed by atoms with Gasteiger partial charge in [-0.2, -0.15) is 13.2 Å². The third kappa shape index (κ3) is 5.05. The van der Waals surface area contributed by atoms with Crippen LogP contribution in [0, 0.1) is 0 Å². The fraction of sp³-hybridized carbons (Fsp3) is 0.304. The molecule has 172 valence electrons. The zero-order valence-electron chi connectivity index (χ0n) is 17.9. The first-order valence-corrected chi connectivity index (χ1v) is 10.4. The van der Waals surface area contributed by atoms with E-state index < -0.39 is 17.3 Å². The van der Waals surface area contributed by atoms with Crippen molar-refractivity contribution in [1.29, 1.82) is 0 Å². The molecule has 1 aliphatic carbocycles. The first-order valence-electron chi connectivity index (χ1n) is 10.4. The van der Waals surface area contributed by atoms with Crippen molar-refractivity contribution < 1.29 is 27.3 Å². The second kappa shape index (κ2) is 8.68. The van der Waals surface area contributed by atoms with Crippen LogP contribution in [0.5, 0.6) is 0 Å². The number of hydrogen-bond donors (Lipinski definition) is 3. The Morgan fingerprint density at radius 1 is 1.09 bits per heavy atom. The van der Waals surface area contributed by atoms with Crippen molar-refractivity contribution in [2.45, 2.75) is 31.1 Å². The highest BCUT2D eigenvalue weighted by Gasteiger charge is 2.52. The molecule has 33 heavy (non-hydrogen) atoms. The lowest BCUT2D eigenvalue weighted by Gasteiger charge is -2.17. The van der Waals surface area contributed by atoms with Crippen LogP contribution in [0.3, 0.4) is 0 Å². The zero-order valence-corrected chi connectivity index (χ0v) is 17.9. The summed E-state index contributed by atoms with van der Waals surface area (Å²) in [5.41, 5.74) is -0.440. The van der Waals surface area contributed by atoms with E-state index in [9.17, 15) is 22.8 Å². The Kier molecular flexibility index (Phi) is 5.92. The van der Waals surface area contributed by atoms with E-state index in [-0.39, 0.29) is 29.9 Å². The average Bonchev–Trinajstić information content (AvgIpc) is 3.43. The number of carbonyl (C=O) groups is 2. The van der Waals surface area contributed by atoms with E-state index >= 15 is 0 Å². The first-order chi connectivity index (χ1) is 15.7. The Hall–Kier alpha value is -3.69. The molecular formula is C23H23F3N5O2+. The number of amidine groups is 1. The number of anilines is 2. The molecule has 0 atom stereocenters. The normalized spacial score (nSPS) is 16.5. The lowest BCUT2D eigenvalue weighted by Crippen LogP contribution is -2.51. The van der Waals surface area contributed by atoms with Crippen molar-refractivity contribution >= 4 is 35.2 Å². The summed E-state index contributed by atoms with van der Waals surface area (Å²) in [5.74, 6) is -0.375. The summed E-state index contributed by atoms with van der Waals surface area (Å²) >= 11 is 0. The Morgan fingerprint density at radius 3 is 2.39 bits per heavy atom. The smallest absolute Gasteiger partial charge is 0.355 e. The number of benzene rings is 2. The number of rotatable bonds is 7. The minimum Gasteiger partial charge on any atom is -0.355 e. The minimum absolute atomic E-state index is 0.0346. The maximum atomic E-state index is 13.2. The topological polar surface area (TPSA) is 85.6 Å². The van der Waals surface area contributed by atoms with Gasteiger partial charge in [0.2, 0.25) is 5.91 Å². The number of likely N-dealkylation sites (N-methyl/N-ethyl adjacent to an activating group) is 1. The van der Waals surface area contributed by atoms with Gasteiger partial charge in [0.1, 0.15) is 11.8 Å². The lowest BCUT2D eigenvalue weighted by atomic mass is 10.1. The first kappa shape index (κ1) is 22.5.